The van der Waals surface area contributed by atoms with Crippen molar-refractivity contribution in [2.75, 3.05) is 23.8 Å². The third kappa shape index (κ3) is 3.38. The summed E-state index contributed by atoms with van der Waals surface area (Å²) in [4.78, 5) is 18.9. The molecule has 8 heteroatoms. The first kappa shape index (κ1) is 15.4. The largest absolute Gasteiger partial charge is 0.376 e. The molecule has 0 bridgehead atoms. The average molecular weight is 295 g/mol. The quantitative estimate of drug-likeness (QED) is 0.612. The van der Waals surface area contributed by atoms with Crippen molar-refractivity contribution >= 4 is 17.5 Å². The molecule has 0 radical (unpaired) electrons. The molecule has 0 amide bonds. The van der Waals surface area contributed by atoms with Crippen LogP contribution in [0.1, 0.15) is 33.6 Å². The molecule has 1 aliphatic rings. The first-order valence-corrected chi connectivity index (χ1v) is 7.11. The van der Waals surface area contributed by atoms with Crippen molar-refractivity contribution in [3.05, 3.63) is 16.3 Å². The molecule has 8 nitrogen and oxygen atoms in total. The van der Waals surface area contributed by atoms with Crippen molar-refractivity contribution < 1.29 is 9.66 Å². The fourth-order valence-electron chi connectivity index (χ4n) is 2.19. The zero-order chi connectivity index (χ0) is 15.5. The SMILES string of the molecule is CCCNc1ncc([N+](=O)[O-])c(NC2(C)CCOC2C)n1. The summed E-state index contributed by atoms with van der Waals surface area (Å²) in [6, 6.07) is 0. The molecular weight excluding hydrogens is 274 g/mol. The average Bonchev–Trinajstić information content (AvgIpc) is 2.76. The van der Waals surface area contributed by atoms with Crippen molar-refractivity contribution in [3.8, 4) is 0 Å². The highest BCUT2D eigenvalue weighted by atomic mass is 16.6. The van der Waals surface area contributed by atoms with Crippen LogP contribution in [-0.2, 0) is 4.74 Å². The van der Waals surface area contributed by atoms with Crippen LogP contribution >= 0.6 is 0 Å². The van der Waals surface area contributed by atoms with Crippen molar-refractivity contribution in [2.24, 2.45) is 0 Å². The van der Waals surface area contributed by atoms with Crippen LogP contribution in [0.2, 0.25) is 0 Å². The van der Waals surface area contributed by atoms with Gasteiger partial charge in [0.1, 0.15) is 6.20 Å². The van der Waals surface area contributed by atoms with Gasteiger partial charge in [0.05, 0.1) is 16.6 Å². The summed E-state index contributed by atoms with van der Waals surface area (Å²) in [7, 11) is 0. The van der Waals surface area contributed by atoms with Gasteiger partial charge >= 0.3 is 5.69 Å². The minimum Gasteiger partial charge on any atom is -0.376 e. The Morgan fingerprint density at radius 1 is 1.62 bits per heavy atom. The zero-order valence-corrected chi connectivity index (χ0v) is 12.5. The second-order valence-electron chi connectivity index (χ2n) is 5.42. The lowest BCUT2D eigenvalue weighted by Crippen LogP contribution is -2.41. The normalized spacial score (nSPS) is 24.8. The predicted octanol–water partition coefficient (Wildman–Crippen LogP) is 2.19. The topological polar surface area (TPSA) is 102 Å². The van der Waals surface area contributed by atoms with Gasteiger partial charge in [0.25, 0.3) is 0 Å². The van der Waals surface area contributed by atoms with Crippen LogP contribution in [0.4, 0.5) is 17.5 Å². The molecule has 2 rings (SSSR count). The number of rotatable bonds is 6. The molecule has 116 valence electrons. The Kier molecular flexibility index (Phi) is 4.56. The number of anilines is 2. The van der Waals surface area contributed by atoms with E-state index in [4.69, 9.17) is 4.74 Å². The number of nitrogens with zero attached hydrogens (tertiary/aromatic N) is 3. The molecule has 2 heterocycles. The molecule has 1 aromatic heterocycles. The van der Waals surface area contributed by atoms with Gasteiger partial charge in [-0.15, -0.1) is 0 Å². The van der Waals surface area contributed by atoms with E-state index in [2.05, 4.69) is 20.6 Å². The number of nitro groups is 1. The highest BCUT2D eigenvalue weighted by Crippen LogP contribution is 2.32. The number of hydrogen-bond donors (Lipinski definition) is 2. The Labute approximate surface area is 123 Å². The van der Waals surface area contributed by atoms with Gasteiger partial charge in [0.2, 0.25) is 11.8 Å². The van der Waals surface area contributed by atoms with Gasteiger partial charge in [0.15, 0.2) is 0 Å². The highest BCUT2D eigenvalue weighted by molar-refractivity contribution is 5.58. The van der Waals surface area contributed by atoms with Crippen LogP contribution in [0.5, 0.6) is 0 Å². The maximum absolute atomic E-state index is 11.1. The van der Waals surface area contributed by atoms with Crippen LogP contribution in [0.15, 0.2) is 6.20 Å². The van der Waals surface area contributed by atoms with Crippen molar-refractivity contribution in [3.63, 3.8) is 0 Å². The maximum atomic E-state index is 11.1. The van der Waals surface area contributed by atoms with Gasteiger partial charge in [-0.1, -0.05) is 6.92 Å². The third-order valence-corrected chi connectivity index (χ3v) is 3.79. The Hall–Kier alpha value is -1.96. The van der Waals surface area contributed by atoms with Gasteiger partial charge < -0.3 is 15.4 Å². The molecular formula is C13H21N5O3. The Morgan fingerprint density at radius 3 is 2.95 bits per heavy atom. The van der Waals surface area contributed by atoms with E-state index in [1.54, 1.807) is 0 Å². The molecule has 0 saturated carbocycles. The van der Waals surface area contributed by atoms with E-state index in [9.17, 15) is 10.1 Å². The molecule has 1 aliphatic heterocycles. The first-order chi connectivity index (χ1) is 9.96. The molecule has 1 fully saturated rings. The van der Waals surface area contributed by atoms with Crippen LogP contribution in [0, 0.1) is 10.1 Å². The highest BCUT2D eigenvalue weighted by Gasteiger charge is 2.38. The van der Waals surface area contributed by atoms with Crippen LogP contribution in [-0.4, -0.2) is 39.7 Å². The van der Waals surface area contributed by atoms with E-state index in [-0.39, 0.29) is 23.1 Å². The standard InChI is InChI=1S/C13H21N5O3/c1-4-6-14-12-15-8-10(18(19)20)11(16-12)17-13(3)5-7-21-9(13)2/h8-9H,4-7H2,1-3H3,(H2,14,15,16,17). The number of hydrogen-bond acceptors (Lipinski definition) is 7. The van der Waals surface area contributed by atoms with Crippen LogP contribution in [0.3, 0.4) is 0 Å². The summed E-state index contributed by atoms with van der Waals surface area (Å²) in [5.74, 6) is 0.619. The van der Waals surface area contributed by atoms with Crippen molar-refractivity contribution in [2.45, 2.75) is 45.3 Å². The van der Waals surface area contributed by atoms with E-state index in [0.717, 1.165) is 12.8 Å². The number of ether oxygens (including phenoxy) is 1. The van der Waals surface area contributed by atoms with Gasteiger partial charge in [-0.2, -0.15) is 4.98 Å². The molecule has 2 N–H and O–H groups in total. The molecule has 0 spiro atoms. The van der Waals surface area contributed by atoms with Gasteiger partial charge in [-0.3, -0.25) is 10.1 Å². The van der Waals surface area contributed by atoms with Gasteiger partial charge in [-0.25, -0.2) is 4.98 Å². The van der Waals surface area contributed by atoms with E-state index < -0.39 is 4.92 Å². The minimum atomic E-state index is -0.476. The molecule has 2 unspecified atom stereocenters. The lowest BCUT2D eigenvalue weighted by molar-refractivity contribution is -0.384. The number of aromatic nitrogens is 2. The van der Waals surface area contributed by atoms with Crippen molar-refractivity contribution in [1.82, 2.24) is 9.97 Å². The number of nitrogens with one attached hydrogen (secondary N) is 2. The Morgan fingerprint density at radius 2 is 2.38 bits per heavy atom. The third-order valence-electron chi connectivity index (χ3n) is 3.79. The Balaban J connectivity index is 2.28. The lowest BCUT2D eigenvalue weighted by atomic mass is 9.95. The zero-order valence-electron chi connectivity index (χ0n) is 12.5. The summed E-state index contributed by atoms with van der Waals surface area (Å²) in [6.45, 7) is 7.30. The van der Waals surface area contributed by atoms with Crippen molar-refractivity contribution in [1.29, 1.82) is 0 Å². The summed E-state index contributed by atoms with van der Waals surface area (Å²) < 4.78 is 5.54. The van der Waals surface area contributed by atoms with E-state index >= 15 is 0 Å². The summed E-state index contributed by atoms with van der Waals surface area (Å²) in [5.41, 5.74) is -0.501. The second kappa shape index (κ2) is 6.21. The minimum absolute atomic E-state index is 0.0425. The summed E-state index contributed by atoms with van der Waals surface area (Å²) in [6.07, 6.45) is 2.88. The first-order valence-electron chi connectivity index (χ1n) is 7.11. The molecule has 1 aromatic rings. The molecule has 0 aromatic carbocycles. The van der Waals surface area contributed by atoms with Gasteiger partial charge in [-0.05, 0) is 26.7 Å². The molecule has 2 atom stereocenters. The fraction of sp³-hybridized carbons (Fsp3) is 0.692. The lowest BCUT2D eigenvalue weighted by Gasteiger charge is -2.29. The smallest absolute Gasteiger partial charge is 0.329 e. The van der Waals surface area contributed by atoms with Gasteiger partial charge in [0, 0.05) is 13.2 Å². The van der Waals surface area contributed by atoms with E-state index in [1.807, 2.05) is 20.8 Å². The van der Waals surface area contributed by atoms with E-state index in [1.165, 1.54) is 6.20 Å². The van der Waals surface area contributed by atoms with E-state index in [0.29, 0.717) is 19.1 Å². The summed E-state index contributed by atoms with van der Waals surface area (Å²) in [5, 5.41) is 17.4. The fourth-order valence-corrected chi connectivity index (χ4v) is 2.19. The van der Waals surface area contributed by atoms with Crippen LogP contribution in [0.25, 0.3) is 0 Å². The predicted molar refractivity (Wildman–Crippen MR) is 79.5 cm³/mol. The molecule has 21 heavy (non-hydrogen) atoms. The second-order valence-corrected chi connectivity index (χ2v) is 5.42. The maximum Gasteiger partial charge on any atom is 0.329 e. The van der Waals surface area contributed by atoms with Crippen LogP contribution < -0.4 is 10.6 Å². The molecule has 0 aliphatic carbocycles. The monoisotopic (exact) mass is 295 g/mol. The molecule has 1 saturated heterocycles. The Bertz CT molecular complexity index is 525. The summed E-state index contributed by atoms with van der Waals surface area (Å²) >= 11 is 0.